The molecule has 0 saturated carbocycles. The van der Waals surface area contributed by atoms with Crippen LogP contribution in [0, 0.1) is 12.7 Å². The molecule has 0 bridgehead atoms. The van der Waals surface area contributed by atoms with Gasteiger partial charge in [-0.05, 0) is 37.6 Å². The molecule has 2 N–H and O–H groups in total. The van der Waals surface area contributed by atoms with Crippen molar-refractivity contribution in [2.75, 3.05) is 13.7 Å². The van der Waals surface area contributed by atoms with Gasteiger partial charge in [0.05, 0.1) is 6.61 Å². The van der Waals surface area contributed by atoms with Crippen LogP contribution in [0.3, 0.4) is 0 Å². The molecule has 1 unspecified atom stereocenters. The summed E-state index contributed by atoms with van der Waals surface area (Å²) in [4.78, 5) is 4.26. The fourth-order valence-electron chi connectivity index (χ4n) is 1.80. The van der Waals surface area contributed by atoms with Gasteiger partial charge in [0, 0.05) is 12.7 Å². The summed E-state index contributed by atoms with van der Waals surface area (Å²) in [5.41, 5.74) is 6.61. The van der Waals surface area contributed by atoms with Crippen molar-refractivity contribution in [1.82, 2.24) is 10.1 Å². The van der Waals surface area contributed by atoms with E-state index in [1.165, 1.54) is 12.1 Å². The summed E-state index contributed by atoms with van der Waals surface area (Å²) in [6.07, 6.45) is 0. The summed E-state index contributed by atoms with van der Waals surface area (Å²) in [7, 11) is 1.55. The molecule has 1 atom stereocenters. The molecule has 0 aliphatic carbocycles. The molecule has 0 amide bonds. The first kappa shape index (κ1) is 13.6. The lowest BCUT2D eigenvalue weighted by molar-refractivity contribution is 0.135. The van der Waals surface area contributed by atoms with E-state index in [0.29, 0.717) is 17.3 Å². The predicted molar refractivity (Wildman–Crippen MR) is 67.8 cm³/mol. The number of methoxy groups -OCH3 is 1. The number of nitrogens with zero attached hydrogens (tertiary/aromatic N) is 2. The molecular formula is C13H16FN3O2. The minimum absolute atomic E-state index is 0.272. The number of aromatic nitrogens is 2. The van der Waals surface area contributed by atoms with Crippen molar-refractivity contribution >= 4 is 0 Å². The van der Waals surface area contributed by atoms with Crippen LogP contribution in [0.5, 0.6) is 0 Å². The van der Waals surface area contributed by atoms with Crippen molar-refractivity contribution < 1.29 is 13.7 Å². The number of benzene rings is 1. The van der Waals surface area contributed by atoms with Gasteiger partial charge in [0.25, 0.3) is 5.89 Å². The summed E-state index contributed by atoms with van der Waals surface area (Å²) in [5.74, 6) is 0.373. The quantitative estimate of drug-likeness (QED) is 0.915. The zero-order valence-electron chi connectivity index (χ0n) is 11.1. The van der Waals surface area contributed by atoms with Crippen molar-refractivity contribution in [3.63, 3.8) is 0 Å². The molecule has 2 aromatic rings. The van der Waals surface area contributed by atoms with Crippen LogP contribution in [0.2, 0.25) is 0 Å². The molecule has 0 radical (unpaired) electrons. The Morgan fingerprint density at radius 3 is 2.84 bits per heavy atom. The van der Waals surface area contributed by atoms with Gasteiger partial charge in [-0.15, -0.1) is 0 Å². The molecule has 0 spiro atoms. The van der Waals surface area contributed by atoms with Gasteiger partial charge in [-0.2, -0.15) is 4.98 Å². The topological polar surface area (TPSA) is 74.2 Å². The number of rotatable bonds is 4. The van der Waals surface area contributed by atoms with Crippen molar-refractivity contribution in [1.29, 1.82) is 0 Å². The van der Waals surface area contributed by atoms with Gasteiger partial charge in [-0.1, -0.05) is 5.16 Å². The van der Waals surface area contributed by atoms with Crippen LogP contribution in [0.4, 0.5) is 4.39 Å². The molecule has 1 heterocycles. The number of hydrogen-bond donors (Lipinski definition) is 1. The normalized spacial score (nSPS) is 14.4. The van der Waals surface area contributed by atoms with Gasteiger partial charge < -0.3 is 15.0 Å². The minimum Gasteiger partial charge on any atom is -0.382 e. The highest BCUT2D eigenvalue weighted by Crippen LogP contribution is 2.24. The van der Waals surface area contributed by atoms with Crippen LogP contribution in [0.1, 0.15) is 18.3 Å². The Bertz CT molecular complexity index is 581. The SMILES string of the molecule is COCC(C)(N)c1noc(-c2ccc(F)cc2C)n1. The van der Waals surface area contributed by atoms with Crippen LogP contribution in [-0.4, -0.2) is 23.9 Å². The second kappa shape index (κ2) is 5.07. The zero-order chi connectivity index (χ0) is 14.0. The Hall–Kier alpha value is -1.79. The maximum Gasteiger partial charge on any atom is 0.258 e. The van der Waals surface area contributed by atoms with Crippen molar-refractivity contribution in [3.8, 4) is 11.5 Å². The lowest BCUT2D eigenvalue weighted by Gasteiger charge is -2.18. The van der Waals surface area contributed by atoms with E-state index >= 15 is 0 Å². The molecule has 1 aromatic heterocycles. The molecule has 1 aromatic carbocycles. The molecule has 0 fully saturated rings. The van der Waals surface area contributed by atoms with Crippen LogP contribution in [0.15, 0.2) is 22.7 Å². The lowest BCUT2D eigenvalue weighted by Crippen LogP contribution is -2.38. The number of hydrogen-bond acceptors (Lipinski definition) is 5. The molecule has 5 nitrogen and oxygen atoms in total. The second-order valence-electron chi connectivity index (χ2n) is 4.73. The first-order valence-corrected chi connectivity index (χ1v) is 5.82. The maximum absolute atomic E-state index is 13.1. The van der Waals surface area contributed by atoms with Gasteiger partial charge in [0.1, 0.15) is 11.4 Å². The summed E-state index contributed by atoms with van der Waals surface area (Å²) < 4.78 is 23.3. The number of ether oxygens (including phenoxy) is 1. The van der Waals surface area contributed by atoms with E-state index in [-0.39, 0.29) is 12.4 Å². The van der Waals surface area contributed by atoms with Crippen molar-refractivity contribution in [2.45, 2.75) is 19.4 Å². The van der Waals surface area contributed by atoms with Crippen molar-refractivity contribution in [2.24, 2.45) is 5.73 Å². The average molecular weight is 265 g/mol. The Balaban J connectivity index is 2.35. The Kier molecular flexibility index (Phi) is 3.64. The molecule has 102 valence electrons. The highest BCUT2D eigenvalue weighted by Gasteiger charge is 2.28. The van der Waals surface area contributed by atoms with Gasteiger partial charge >= 0.3 is 0 Å². The van der Waals surface area contributed by atoms with E-state index in [4.69, 9.17) is 15.0 Å². The standard InChI is InChI=1S/C13H16FN3O2/c1-8-6-9(14)4-5-10(8)11-16-12(17-19-11)13(2,15)7-18-3/h4-6H,7,15H2,1-3H3. The van der Waals surface area contributed by atoms with Crippen molar-refractivity contribution in [3.05, 3.63) is 35.4 Å². The average Bonchev–Trinajstić information content (AvgIpc) is 2.78. The predicted octanol–water partition coefficient (Wildman–Crippen LogP) is 2.00. The van der Waals surface area contributed by atoms with Crippen LogP contribution >= 0.6 is 0 Å². The highest BCUT2D eigenvalue weighted by atomic mass is 19.1. The number of halogens is 1. The van der Waals surface area contributed by atoms with E-state index < -0.39 is 5.54 Å². The fourth-order valence-corrected chi connectivity index (χ4v) is 1.80. The summed E-state index contributed by atoms with van der Waals surface area (Å²) >= 11 is 0. The maximum atomic E-state index is 13.1. The van der Waals surface area contributed by atoms with Gasteiger partial charge in [-0.3, -0.25) is 0 Å². The number of nitrogens with two attached hydrogens (primary N) is 1. The Labute approximate surface area is 110 Å². The molecule has 0 aliphatic heterocycles. The fraction of sp³-hybridized carbons (Fsp3) is 0.385. The van der Waals surface area contributed by atoms with E-state index in [0.717, 1.165) is 5.56 Å². The monoisotopic (exact) mass is 265 g/mol. The number of aryl methyl sites for hydroxylation is 1. The van der Waals surface area contributed by atoms with E-state index in [9.17, 15) is 4.39 Å². The van der Waals surface area contributed by atoms with Gasteiger partial charge in [-0.25, -0.2) is 4.39 Å². The molecule has 2 rings (SSSR count). The zero-order valence-corrected chi connectivity index (χ0v) is 11.1. The van der Waals surface area contributed by atoms with Crippen LogP contribution in [-0.2, 0) is 10.3 Å². The third-order valence-electron chi connectivity index (χ3n) is 2.80. The smallest absolute Gasteiger partial charge is 0.258 e. The highest BCUT2D eigenvalue weighted by molar-refractivity contribution is 5.58. The summed E-state index contributed by atoms with van der Waals surface area (Å²) in [6, 6.07) is 4.37. The largest absolute Gasteiger partial charge is 0.382 e. The molecule has 6 heteroatoms. The second-order valence-corrected chi connectivity index (χ2v) is 4.73. The third kappa shape index (κ3) is 2.80. The molecule has 19 heavy (non-hydrogen) atoms. The van der Waals surface area contributed by atoms with Crippen LogP contribution in [0.25, 0.3) is 11.5 Å². The molecular weight excluding hydrogens is 249 g/mol. The Morgan fingerprint density at radius 2 is 2.21 bits per heavy atom. The van der Waals surface area contributed by atoms with Gasteiger partial charge in [0.15, 0.2) is 5.82 Å². The van der Waals surface area contributed by atoms with Gasteiger partial charge in [0.2, 0.25) is 0 Å². The minimum atomic E-state index is -0.829. The first-order valence-electron chi connectivity index (χ1n) is 5.82. The molecule has 0 saturated heterocycles. The lowest BCUT2D eigenvalue weighted by atomic mass is 10.0. The van der Waals surface area contributed by atoms with E-state index in [1.54, 1.807) is 27.0 Å². The van der Waals surface area contributed by atoms with Crippen LogP contribution < -0.4 is 5.73 Å². The first-order chi connectivity index (χ1) is 8.94. The van der Waals surface area contributed by atoms with E-state index in [1.807, 2.05) is 0 Å². The van der Waals surface area contributed by atoms with E-state index in [2.05, 4.69) is 10.1 Å². The summed E-state index contributed by atoms with van der Waals surface area (Å²) in [6.45, 7) is 3.80. The third-order valence-corrected chi connectivity index (χ3v) is 2.80. The Morgan fingerprint density at radius 1 is 1.47 bits per heavy atom. The molecule has 0 aliphatic rings. The summed E-state index contributed by atoms with van der Waals surface area (Å²) in [5, 5.41) is 3.86.